The number of hydrogen-bond acceptors (Lipinski definition) is 7. The second-order valence-electron chi connectivity index (χ2n) is 7.77. The number of nitrogens with zero attached hydrogens (tertiary/aromatic N) is 7. The Hall–Kier alpha value is -3.94. The van der Waals surface area contributed by atoms with Crippen molar-refractivity contribution in [2.45, 2.75) is 25.4 Å². The van der Waals surface area contributed by atoms with Crippen LogP contribution >= 0.6 is 0 Å². The summed E-state index contributed by atoms with van der Waals surface area (Å²) < 4.78 is 38.1. The van der Waals surface area contributed by atoms with Crippen LogP contribution in [0.5, 0.6) is 0 Å². The summed E-state index contributed by atoms with van der Waals surface area (Å²) in [5.74, 6) is -1.44. The number of amides is 1. The molecule has 0 atom stereocenters. The van der Waals surface area contributed by atoms with Crippen molar-refractivity contribution in [1.29, 1.82) is 5.26 Å². The lowest BCUT2D eigenvalue weighted by molar-refractivity contribution is -0.145. The highest BCUT2D eigenvalue weighted by molar-refractivity contribution is 5.99. The number of rotatable bonds is 4. The maximum absolute atomic E-state index is 13.2. The Balaban J connectivity index is 1.47. The second-order valence-corrected chi connectivity index (χ2v) is 7.77. The summed E-state index contributed by atoms with van der Waals surface area (Å²) in [6.07, 6.45) is 3.09. The van der Waals surface area contributed by atoms with Crippen LogP contribution in [0.3, 0.4) is 0 Å². The molecule has 4 rings (SSSR count). The Morgan fingerprint density at radius 1 is 1.09 bits per heavy atom. The Labute approximate surface area is 187 Å². The van der Waals surface area contributed by atoms with E-state index in [1.54, 1.807) is 35.5 Å². The topological polar surface area (TPSA) is 109 Å². The zero-order valence-corrected chi connectivity index (χ0v) is 17.3. The van der Waals surface area contributed by atoms with Crippen LogP contribution in [0.4, 0.5) is 13.2 Å². The van der Waals surface area contributed by atoms with Gasteiger partial charge >= 0.3 is 6.18 Å². The van der Waals surface area contributed by atoms with Crippen molar-refractivity contribution >= 4 is 5.91 Å². The van der Waals surface area contributed by atoms with Crippen molar-refractivity contribution in [3.63, 3.8) is 0 Å². The van der Waals surface area contributed by atoms with Crippen LogP contribution in [-0.4, -0.2) is 48.8 Å². The fourth-order valence-corrected chi connectivity index (χ4v) is 3.83. The standard InChI is InChI=1S/C22H18F3N7O/c23-22(24,25)20-29-11-15(12-30-20)10-21(13-26)4-8-32(9-5-21)19(33)16-2-1-6-28-18(16)17-3-7-27-14-31-17/h1-3,6-7,11-12,14H,4-5,8-10H2. The number of carbonyl (C=O) groups excluding carboxylic acids is 1. The molecule has 33 heavy (non-hydrogen) atoms. The van der Waals surface area contributed by atoms with Crippen LogP contribution in [0.25, 0.3) is 11.4 Å². The third-order valence-corrected chi connectivity index (χ3v) is 5.61. The number of likely N-dealkylation sites (tertiary alicyclic amines) is 1. The van der Waals surface area contributed by atoms with Crippen molar-refractivity contribution in [3.05, 3.63) is 66.3 Å². The number of hydrogen-bond donors (Lipinski definition) is 0. The summed E-state index contributed by atoms with van der Waals surface area (Å²) in [6.45, 7) is 0.651. The molecule has 168 valence electrons. The van der Waals surface area contributed by atoms with Gasteiger partial charge in [0, 0.05) is 37.9 Å². The van der Waals surface area contributed by atoms with Gasteiger partial charge in [-0.2, -0.15) is 18.4 Å². The van der Waals surface area contributed by atoms with Gasteiger partial charge in [-0.05, 0) is 43.0 Å². The van der Waals surface area contributed by atoms with Crippen LogP contribution in [0, 0.1) is 16.7 Å². The summed E-state index contributed by atoms with van der Waals surface area (Å²) in [5, 5.41) is 9.82. The first kappa shape index (κ1) is 22.3. The van der Waals surface area contributed by atoms with Crippen LogP contribution < -0.4 is 0 Å². The highest BCUT2D eigenvalue weighted by Crippen LogP contribution is 2.35. The number of nitriles is 1. The zero-order valence-electron chi connectivity index (χ0n) is 17.3. The van der Waals surface area contributed by atoms with E-state index in [4.69, 9.17) is 0 Å². The molecule has 0 N–H and O–H groups in total. The number of aromatic nitrogens is 5. The molecule has 3 aromatic rings. The van der Waals surface area contributed by atoms with Gasteiger partial charge in [0.1, 0.15) is 12.0 Å². The van der Waals surface area contributed by atoms with Crippen LogP contribution in [-0.2, 0) is 12.6 Å². The molecule has 3 aromatic heterocycles. The second kappa shape index (κ2) is 8.90. The van der Waals surface area contributed by atoms with E-state index in [2.05, 4.69) is 31.0 Å². The minimum atomic E-state index is -4.62. The minimum Gasteiger partial charge on any atom is -0.338 e. The van der Waals surface area contributed by atoms with Gasteiger partial charge < -0.3 is 4.90 Å². The van der Waals surface area contributed by atoms with Gasteiger partial charge in [0.15, 0.2) is 0 Å². The monoisotopic (exact) mass is 453 g/mol. The van der Waals surface area contributed by atoms with Crippen molar-refractivity contribution in [3.8, 4) is 17.5 Å². The predicted octanol–water partition coefficient (Wildman–Crippen LogP) is 3.34. The average Bonchev–Trinajstić information content (AvgIpc) is 2.84. The summed E-state index contributed by atoms with van der Waals surface area (Å²) in [4.78, 5) is 34.0. The smallest absolute Gasteiger partial charge is 0.338 e. The lowest BCUT2D eigenvalue weighted by Crippen LogP contribution is -2.43. The maximum Gasteiger partial charge on any atom is 0.451 e. The van der Waals surface area contributed by atoms with E-state index in [1.165, 1.54) is 6.33 Å². The molecule has 8 nitrogen and oxygen atoms in total. The molecule has 11 heteroatoms. The molecule has 0 aromatic carbocycles. The van der Waals surface area contributed by atoms with Crippen molar-refractivity contribution in [2.75, 3.05) is 13.1 Å². The summed E-state index contributed by atoms with van der Waals surface area (Å²) in [5.41, 5.74) is 1.01. The van der Waals surface area contributed by atoms with Crippen LogP contribution in [0.2, 0.25) is 0 Å². The Morgan fingerprint density at radius 2 is 1.82 bits per heavy atom. The van der Waals surface area contributed by atoms with E-state index >= 15 is 0 Å². The fourth-order valence-electron chi connectivity index (χ4n) is 3.83. The molecule has 1 aliphatic heterocycles. The Kier molecular flexibility index (Phi) is 6.00. The third kappa shape index (κ3) is 4.79. The molecule has 1 saturated heterocycles. The lowest BCUT2D eigenvalue weighted by atomic mass is 9.75. The molecule has 1 aliphatic rings. The number of pyridine rings is 1. The van der Waals surface area contributed by atoms with E-state index in [9.17, 15) is 23.2 Å². The molecule has 0 bridgehead atoms. The van der Waals surface area contributed by atoms with Gasteiger partial charge in [-0.1, -0.05) is 0 Å². The summed E-state index contributed by atoms with van der Waals surface area (Å²) >= 11 is 0. The quantitative estimate of drug-likeness (QED) is 0.596. The minimum absolute atomic E-state index is 0.211. The molecular weight excluding hydrogens is 435 g/mol. The molecular formula is C22H18F3N7O. The van der Waals surface area contributed by atoms with Gasteiger partial charge in [0.05, 0.1) is 22.7 Å². The number of alkyl halides is 3. The van der Waals surface area contributed by atoms with Crippen LogP contribution in [0.15, 0.2) is 49.3 Å². The van der Waals surface area contributed by atoms with Crippen molar-refractivity contribution in [1.82, 2.24) is 29.8 Å². The molecule has 1 fully saturated rings. The summed E-state index contributed by atoms with van der Waals surface area (Å²) in [7, 11) is 0. The lowest BCUT2D eigenvalue weighted by Gasteiger charge is -2.37. The van der Waals surface area contributed by atoms with E-state index in [0.29, 0.717) is 48.4 Å². The first-order valence-corrected chi connectivity index (χ1v) is 10.1. The van der Waals surface area contributed by atoms with E-state index in [0.717, 1.165) is 12.4 Å². The number of carbonyl (C=O) groups is 1. The molecule has 0 saturated carbocycles. The normalized spacial score (nSPS) is 15.6. The molecule has 1 amide bonds. The molecule has 0 aliphatic carbocycles. The van der Waals surface area contributed by atoms with Crippen molar-refractivity contribution in [2.24, 2.45) is 5.41 Å². The van der Waals surface area contributed by atoms with Crippen molar-refractivity contribution < 1.29 is 18.0 Å². The van der Waals surface area contributed by atoms with Crippen LogP contribution in [0.1, 0.15) is 34.6 Å². The third-order valence-electron chi connectivity index (χ3n) is 5.61. The molecule has 0 unspecified atom stereocenters. The largest absolute Gasteiger partial charge is 0.451 e. The molecule has 0 radical (unpaired) electrons. The average molecular weight is 453 g/mol. The van der Waals surface area contributed by atoms with E-state index in [-0.39, 0.29) is 12.3 Å². The highest BCUT2D eigenvalue weighted by Gasteiger charge is 2.38. The van der Waals surface area contributed by atoms with Gasteiger partial charge in [-0.25, -0.2) is 19.9 Å². The SMILES string of the molecule is N#CC1(Cc2cnc(C(F)(F)F)nc2)CCN(C(=O)c2cccnc2-c2ccncn2)CC1. The van der Waals surface area contributed by atoms with Gasteiger partial charge in [0.2, 0.25) is 5.82 Å². The number of halogens is 3. The summed E-state index contributed by atoms with van der Waals surface area (Å²) in [6, 6.07) is 7.32. The highest BCUT2D eigenvalue weighted by atomic mass is 19.4. The zero-order chi connectivity index (χ0) is 23.5. The Bertz CT molecular complexity index is 1170. The molecule has 4 heterocycles. The Morgan fingerprint density at radius 3 is 2.42 bits per heavy atom. The van der Waals surface area contributed by atoms with Gasteiger partial charge in [-0.3, -0.25) is 9.78 Å². The fraction of sp³-hybridized carbons (Fsp3) is 0.318. The first-order valence-electron chi connectivity index (χ1n) is 10.1. The van der Waals surface area contributed by atoms with Gasteiger partial charge in [0.25, 0.3) is 5.91 Å². The first-order chi connectivity index (χ1) is 15.8. The predicted molar refractivity (Wildman–Crippen MR) is 109 cm³/mol. The van der Waals surface area contributed by atoms with E-state index in [1.807, 2.05) is 0 Å². The van der Waals surface area contributed by atoms with Gasteiger partial charge in [-0.15, -0.1) is 0 Å². The molecule has 0 spiro atoms. The number of piperidine rings is 1. The van der Waals surface area contributed by atoms with E-state index < -0.39 is 17.4 Å². The maximum atomic E-state index is 13.2.